The van der Waals surface area contributed by atoms with Crippen LogP contribution in [-0.2, 0) is 0 Å². The number of pyridine rings is 1. The number of hydrogen-bond acceptors (Lipinski definition) is 3. The summed E-state index contributed by atoms with van der Waals surface area (Å²) in [5.74, 6) is 1.92. The molecule has 0 radical (unpaired) electrons. The maximum Gasteiger partial charge on any atom is 0.139 e. The Bertz CT molecular complexity index is 760. The number of anilines is 1. The van der Waals surface area contributed by atoms with E-state index in [0.717, 1.165) is 35.7 Å². The molecule has 4 heteroatoms. The van der Waals surface area contributed by atoms with Crippen LogP contribution in [0.25, 0.3) is 16.9 Å². The Balaban J connectivity index is 2.02. The molecule has 0 spiro atoms. The molecule has 0 fully saturated rings. The monoisotopic (exact) mass is 295 g/mol. The van der Waals surface area contributed by atoms with Crippen molar-refractivity contribution in [3.63, 3.8) is 0 Å². The van der Waals surface area contributed by atoms with Crippen molar-refractivity contribution in [2.75, 3.05) is 11.9 Å². The second-order valence-electron chi connectivity index (χ2n) is 5.89. The summed E-state index contributed by atoms with van der Waals surface area (Å²) in [6.07, 6.45) is 3.12. The molecular weight excluding hydrogens is 274 g/mol. The van der Waals surface area contributed by atoms with Crippen molar-refractivity contribution in [2.24, 2.45) is 5.92 Å². The molecule has 0 unspecified atom stereocenters. The van der Waals surface area contributed by atoms with Gasteiger partial charge in [-0.1, -0.05) is 19.9 Å². The van der Waals surface area contributed by atoms with Crippen LogP contribution in [0.15, 0.2) is 48.7 Å². The molecule has 2 N–H and O–H groups in total. The van der Waals surface area contributed by atoms with E-state index in [-0.39, 0.29) is 5.75 Å². The number of rotatable bonds is 5. The van der Waals surface area contributed by atoms with E-state index < -0.39 is 0 Å². The van der Waals surface area contributed by atoms with Gasteiger partial charge in [0.15, 0.2) is 0 Å². The summed E-state index contributed by atoms with van der Waals surface area (Å²) in [5, 5.41) is 13.0. The van der Waals surface area contributed by atoms with Gasteiger partial charge in [-0.2, -0.15) is 0 Å². The van der Waals surface area contributed by atoms with Gasteiger partial charge in [0, 0.05) is 18.3 Å². The zero-order valence-electron chi connectivity index (χ0n) is 13.0. The molecule has 0 amide bonds. The molecule has 3 aromatic rings. The maximum absolute atomic E-state index is 9.47. The molecule has 4 nitrogen and oxygen atoms in total. The Labute approximate surface area is 130 Å². The molecule has 2 heterocycles. The molecule has 0 aliphatic carbocycles. The number of aromatic nitrogens is 2. The number of nitrogens with one attached hydrogen (secondary N) is 1. The lowest BCUT2D eigenvalue weighted by Gasteiger charge is -2.10. The molecular formula is C18H21N3O. The number of fused-ring (bicyclic) bond motifs is 1. The number of benzene rings is 1. The first-order valence-electron chi connectivity index (χ1n) is 7.65. The second kappa shape index (κ2) is 6.10. The highest BCUT2D eigenvalue weighted by Gasteiger charge is 2.13. The minimum Gasteiger partial charge on any atom is -0.508 e. The Morgan fingerprint density at radius 3 is 2.64 bits per heavy atom. The van der Waals surface area contributed by atoms with Crippen LogP contribution in [-0.4, -0.2) is 21.0 Å². The van der Waals surface area contributed by atoms with E-state index in [4.69, 9.17) is 4.98 Å². The maximum atomic E-state index is 9.47. The van der Waals surface area contributed by atoms with Gasteiger partial charge in [-0.05, 0) is 48.7 Å². The fraction of sp³-hybridized carbons (Fsp3) is 0.278. The third kappa shape index (κ3) is 2.91. The zero-order valence-corrected chi connectivity index (χ0v) is 13.0. The quantitative estimate of drug-likeness (QED) is 0.743. The number of imidazole rings is 1. The van der Waals surface area contributed by atoms with E-state index in [9.17, 15) is 5.11 Å². The predicted octanol–water partition coefficient (Wildman–Crippen LogP) is 4.16. The average molecular weight is 295 g/mol. The topological polar surface area (TPSA) is 49.6 Å². The molecule has 2 aromatic heterocycles. The largest absolute Gasteiger partial charge is 0.508 e. The number of hydrogen-bond donors (Lipinski definition) is 2. The van der Waals surface area contributed by atoms with Crippen molar-refractivity contribution < 1.29 is 5.11 Å². The van der Waals surface area contributed by atoms with Crippen LogP contribution in [0, 0.1) is 5.92 Å². The third-order valence-electron chi connectivity index (χ3n) is 3.68. The van der Waals surface area contributed by atoms with Gasteiger partial charge in [-0.3, -0.25) is 4.40 Å². The van der Waals surface area contributed by atoms with Gasteiger partial charge in [0.1, 0.15) is 22.9 Å². The molecule has 0 bridgehead atoms. The summed E-state index contributed by atoms with van der Waals surface area (Å²) in [7, 11) is 0. The molecule has 0 aliphatic rings. The number of aromatic hydroxyl groups is 1. The van der Waals surface area contributed by atoms with Crippen molar-refractivity contribution in [3.05, 3.63) is 48.7 Å². The lowest BCUT2D eigenvalue weighted by Crippen LogP contribution is -2.07. The van der Waals surface area contributed by atoms with Gasteiger partial charge in [-0.15, -0.1) is 0 Å². The summed E-state index contributed by atoms with van der Waals surface area (Å²) in [5.41, 5.74) is 2.82. The van der Waals surface area contributed by atoms with Crippen molar-refractivity contribution >= 4 is 11.5 Å². The van der Waals surface area contributed by atoms with Crippen LogP contribution in [0.3, 0.4) is 0 Å². The van der Waals surface area contributed by atoms with Crippen LogP contribution >= 0.6 is 0 Å². The van der Waals surface area contributed by atoms with E-state index in [1.807, 2.05) is 36.5 Å². The predicted molar refractivity (Wildman–Crippen MR) is 90.2 cm³/mol. The average Bonchev–Trinajstić information content (AvgIpc) is 2.87. The van der Waals surface area contributed by atoms with Crippen molar-refractivity contribution in [1.29, 1.82) is 0 Å². The molecule has 0 saturated carbocycles. The standard InChI is InChI=1S/C18H21N3O/c1-13(2)10-11-19-18-17(14-6-8-15(22)9-7-14)20-16-5-3-4-12-21(16)18/h3-9,12-13,19,22H,10-11H2,1-2H3. The molecule has 114 valence electrons. The van der Waals surface area contributed by atoms with Gasteiger partial charge < -0.3 is 10.4 Å². The van der Waals surface area contributed by atoms with Crippen LogP contribution in [0.4, 0.5) is 5.82 Å². The fourth-order valence-electron chi connectivity index (χ4n) is 2.46. The van der Waals surface area contributed by atoms with Crippen LogP contribution in [0.2, 0.25) is 0 Å². The van der Waals surface area contributed by atoms with Gasteiger partial charge in [0.2, 0.25) is 0 Å². The van der Waals surface area contributed by atoms with Crippen molar-refractivity contribution in [2.45, 2.75) is 20.3 Å². The first-order chi connectivity index (χ1) is 10.6. The highest BCUT2D eigenvalue weighted by Crippen LogP contribution is 2.29. The SMILES string of the molecule is CC(C)CCNc1c(-c2ccc(O)cc2)nc2ccccn12. The van der Waals surface area contributed by atoms with Gasteiger partial charge >= 0.3 is 0 Å². The fourth-order valence-corrected chi connectivity index (χ4v) is 2.46. The number of phenols is 1. The van der Waals surface area contributed by atoms with Crippen LogP contribution < -0.4 is 5.32 Å². The molecule has 0 atom stereocenters. The summed E-state index contributed by atoms with van der Waals surface area (Å²) in [4.78, 5) is 4.73. The van der Waals surface area contributed by atoms with Gasteiger partial charge in [-0.25, -0.2) is 4.98 Å². The number of phenolic OH excluding ortho intramolecular Hbond substituents is 1. The Morgan fingerprint density at radius 1 is 1.14 bits per heavy atom. The van der Waals surface area contributed by atoms with Gasteiger partial charge in [0.05, 0.1) is 0 Å². The first kappa shape index (κ1) is 14.4. The highest BCUT2D eigenvalue weighted by molar-refractivity contribution is 5.76. The summed E-state index contributed by atoms with van der Waals surface area (Å²) in [6.45, 7) is 5.35. The molecule has 1 aromatic carbocycles. The number of nitrogens with zero attached hydrogens (tertiary/aromatic N) is 2. The lowest BCUT2D eigenvalue weighted by atomic mass is 10.1. The molecule has 0 saturated heterocycles. The van der Waals surface area contributed by atoms with Crippen LogP contribution in [0.1, 0.15) is 20.3 Å². The Kier molecular flexibility index (Phi) is 4.00. The minimum absolute atomic E-state index is 0.266. The zero-order chi connectivity index (χ0) is 15.5. The van der Waals surface area contributed by atoms with E-state index in [1.165, 1.54) is 0 Å². The van der Waals surface area contributed by atoms with E-state index in [0.29, 0.717) is 5.92 Å². The Hall–Kier alpha value is -2.49. The minimum atomic E-state index is 0.266. The Morgan fingerprint density at radius 2 is 1.91 bits per heavy atom. The summed E-state index contributed by atoms with van der Waals surface area (Å²) in [6, 6.07) is 13.2. The molecule has 22 heavy (non-hydrogen) atoms. The first-order valence-corrected chi connectivity index (χ1v) is 7.65. The van der Waals surface area contributed by atoms with E-state index >= 15 is 0 Å². The van der Waals surface area contributed by atoms with E-state index in [1.54, 1.807) is 12.1 Å². The summed E-state index contributed by atoms with van der Waals surface area (Å²) >= 11 is 0. The summed E-state index contributed by atoms with van der Waals surface area (Å²) < 4.78 is 2.07. The second-order valence-corrected chi connectivity index (χ2v) is 5.89. The molecule has 0 aliphatic heterocycles. The van der Waals surface area contributed by atoms with Gasteiger partial charge in [0.25, 0.3) is 0 Å². The third-order valence-corrected chi connectivity index (χ3v) is 3.68. The van der Waals surface area contributed by atoms with Crippen molar-refractivity contribution in [3.8, 4) is 17.0 Å². The smallest absolute Gasteiger partial charge is 0.139 e. The highest BCUT2D eigenvalue weighted by atomic mass is 16.3. The van der Waals surface area contributed by atoms with Crippen LogP contribution in [0.5, 0.6) is 5.75 Å². The van der Waals surface area contributed by atoms with Crippen molar-refractivity contribution in [1.82, 2.24) is 9.38 Å². The van der Waals surface area contributed by atoms with E-state index in [2.05, 4.69) is 23.6 Å². The normalized spacial score (nSPS) is 11.2. The molecule has 3 rings (SSSR count). The lowest BCUT2D eigenvalue weighted by molar-refractivity contribution is 0.475.